The molecule has 0 saturated heterocycles. The molecule has 0 aliphatic rings. The van der Waals surface area contributed by atoms with Crippen LogP contribution in [0, 0.1) is 0 Å². The van der Waals surface area contributed by atoms with Crippen molar-refractivity contribution in [2.24, 2.45) is 5.73 Å². The van der Waals surface area contributed by atoms with Crippen molar-refractivity contribution in [3.8, 4) is 0 Å². The van der Waals surface area contributed by atoms with Crippen LogP contribution < -0.4 is 5.73 Å². The van der Waals surface area contributed by atoms with E-state index in [1.807, 2.05) is 19.1 Å². The standard InChI is InChI=1S/C10H14N2/c1-8(2)7-10(11)9-3-5-12-6-4-9/h3-6,10H,1,7,11H2,2H3/t10-/m0/s1. The lowest BCUT2D eigenvalue weighted by atomic mass is 10.0. The van der Waals surface area contributed by atoms with Crippen molar-refractivity contribution in [2.45, 2.75) is 19.4 Å². The lowest BCUT2D eigenvalue weighted by molar-refractivity contribution is 0.716. The van der Waals surface area contributed by atoms with Gasteiger partial charge in [-0.15, -0.1) is 6.58 Å². The third-order valence-electron chi connectivity index (χ3n) is 1.70. The number of aromatic nitrogens is 1. The van der Waals surface area contributed by atoms with Crippen molar-refractivity contribution in [2.75, 3.05) is 0 Å². The highest BCUT2D eigenvalue weighted by molar-refractivity contribution is 5.16. The van der Waals surface area contributed by atoms with Gasteiger partial charge in [0.2, 0.25) is 0 Å². The molecule has 1 aromatic rings. The number of rotatable bonds is 3. The van der Waals surface area contributed by atoms with Crippen LogP contribution in [0.3, 0.4) is 0 Å². The van der Waals surface area contributed by atoms with E-state index in [1.165, 1.54) is 0 Å². The lowest BCUT2D eigenvalue weighted by Gasteiger charge is -2.10. The molecule has 0 saturated carbocycles. The van der Waals surface area contributed by atoms with Crippen molar-refractivity contribution in [1.29, 1.82) is 0 Å². The fourth-order valence-corrected chi connectivity index (χ4v) is 1.10. The van der Waals surface area contributed by atoms with Crippen molar-refractivity contribution >= 4 is 0 Å². The van der Waals surface area contributed by atoms with E-state index < -0.39 is 0 Å². The molecular formula is C10H14N2. The number of hydrogen-bond acceptors (Lipinski definition) is 2. The summed E-state index contributed by atoms with van der Waals surface area (Å²) in [5.41, 5.74) is 8.14. The number of nitrogens with zero attached hydrogens (tertiary/aromatic N) is 1. The van der Waals surface area contributed by atoms with Gasteiger partial charge in [0.05, 0.1) is 0 Å². The van der Waals surface area contributed by atoms with E-state index in [2.05, 4.69) is 11.6 Å². The maximum atomic E-state index is 5.91. The van der Waals surface area contributed by atoms with Crippen LogP contribution in [0.15, 0.2) is 36.7 Å². The molecule has 2 nitrogen and oxygen atoms in total. The number of pyridine rings is 1. The van der Waals surface area contributed by atoms with Crippen LogP contribution in [0.2, 0.25) is 0 Å². The third kappa shape index (κ3) is 2.47. The van der Waals surface area contributed by atoms with E-state index in [4.69, 9.17) is 5.73 Å². The summed E-state index contributed by atoms with van der Waals surface area (Å²) in [6.45, 7) is 5.81. The summed E-state index contributed by atoms with van der Waals surface area (Å²) in [6.07, 6.45) is 4.35. The quantitative estimate of drug-likeness (QED) is 0.691. The van der Waals surface area contributed by atoms with E-state index in [9.17, 15) is 0 Å². The average molecular weight is 162 g/mol. The molecule has 64 valence electrons. The van der Waals surface area contributed by atoms with Crippen molar-refractivity contribution in [3.05, 3.63) is 42.2 Å². The van der Waals surface area contributed by atoms with Gasteiger partial charge in [0.15, 0.2) is 0 Å². The number of hydrogen-bond donors (Lipinski definition) is 1. The minimum absolute atomic E-state index is 0.0606. The minimum Gasteiger partial charge on any atom is -0.324 e. The van der Waals surface area contributed by atoms with Crippen molar-refractivity contribution in [3.63, 3.8) is 0 Å². The molecule has 12 heavy (non-hydrogen) atoms. The molecule has 1 atom stereocenters. The van der Waals surface area contributed by atoms with Crippen LogP contribution in [-0.4, -0.2) is 4.98 Å². The smallest absolute Gasteiger partial charge is 0.0333 e. The molecule has 1 heterocycles. The first kappa shape index (κ1) is 8.94. The minimum atomic E-state index is 0.0606. The molecule has 0 aromatic carbocycles. The Morgan fingerprint density at radius 3 is 2.67 bits per heavy atom. The van der Waals surface area contributed by atoms with Gasteiger partial charge in [0.25, 0.3) is 0 Å². The summed E-state index contributed by atoms with van der Waals surface area (Å²) < 4.78 is 0. The first-order valence-electron chi connectivity index (χ1n) is 4.00. The van der Waals surface area contributed by atoms with Crippen LogP contribution in [-0.2, 0) is 0 Å². The molecule has 0 aliphatic heterocycles. The second-order valence-corrected chi connectivity index (χ2v) is 3.05. The van der Waals surface area contributed by atoms with Crippen LogP contribution in [0.1, 0.15) is 24.9 Å². The summed E-state index contributed by atoms with van der Waals surface area (Å²) in [4.78, 5) is 3.93. The third-order valence-corrected chi connectivity index (χ3v) is 1.70. The molecular weight excluding hydrogens is 148 g/mol. The molecule has 0 unspecified atom stereocenters. The Bertz CT molecular complexity index is 254. The Morgan fingerprint density at radius 2 is 2.17 bits per heavy atom. The topological polar surface area (TPSA) is 38.9 Å². The lowest BCUT2D eigenvalue weighted by Crippen LogP contribution is -2.10. The van der Waals surface area contributed by atoms with Crippen molar-refractivity contribution < 1.29 is 0 Å². The van der Waals surface area contributed by atoms with Gasteiger partial charge in [-0.3, -0.25) is 4.98 Å². The zero-order chi connectivity index (χ0) is 8.97. The molecule has 0 radical (unpaired) electrons. The summed E-state index contributed by atoms with van der Waals surface area (Å²) in [6, 6.07) is 3.94. The van der Waals surface area contributed by atoms with Gasteiger partial charge in [-0.05, 0) is 31.0 Å². The van der Waals surface area contributed by atoms with Gasteiger partial charge >= 0.3 is 0 Å². The summed E-state index contributed by atoms with van der Waals surface area (Å²) in [5.74, 6) is 0. The van der Waals surface area contributed by atoms with Crippen LogP contribution in [0.4, 0.5) is 0 Å². The highest BCUT2D eigenvalue weighted by atomic mass is 14.6. The van der Waals surface area contributed by atoms with E-state index >= 15 is 0 Å². The van der Waals surface area contributed by atoms with E-state index in [0.29, 0.717) is 0 Å². The highest BCUT2D eigenvalue weighted by Gasteiger charge is 2.04. The van der Waals surface area contributed by atoms with Crippen molar-refractivity contribution in [1.82, 2.24) is 4.98 Å². The monoisotopic (exact) mass is 162 g/mol. The van der Waals surface area contributed by atoms with Gasteiger partial charge in [-0.25, -0.2) is 0 Å². The Balaban J connectivity index is 2.65. The van der Waals surface area contributed by atoms with Gasteiger partial charge in [0, 0.05) is 18.4 Å². The van der Waals surface area contributed by atoms with Crippen LogP contribution >= 0.6 is 0 Å². The fourth-order valence-electron chi connectivity index (χ4n) is 1.10. The van der Waals surface area contributed by atoms with Crippen LogP contribution in [0.5, 0.6) is 0 Å². The molecule has 2 N–H and O–H groups in total. The first-order chi connectivity index (χ1) is 5.70. The summed E-state index contributed by atoms with van der Waals surface area (Å²) in [7, 11) is 0. The molecule has 0 amide bonds. The van der Waals surface area contributed by atoms with Gasteiger partial charge in [-0.1, -0.05) is 5.57 Å². The molecule has 0 bridgehead atoms. The van der Waals surface area contributed by atoms with E-state index in [-0.39, 0.29) is 6.04 Å². The molecule has 1 aromatic heterocycles. The van der Waals surface area contributed by atoms with Crippen LogP contribution in [0.25, 0.3) is 0 Å². The first-order valence-corrected chi connectivity index (χ1v) is 4.00. The fraction of sp³-hybridized carbons (Fsp3) is 0.300. The normalized spacial score (nSPS) is 12.5. The Kier molecular flexibility index (Phi) is 3.00. The maximum Gasteiger partial charge on any atom is 0.0333 e. The van der Waals surface area contributed by atoms with E-state index in [1.54, 1.807) is 12.4 Å². The van der Waals surface area contributed by atoms with Gasteiger partial charge < -0.3 is 5.73 Å². The van der Waals surface area contributed by atoms with Gasteiger partial charge in [0.1, 0.15) is 0 Å². The molecule has 2 heteroatoms. The SMILES string of the molecule is C=C(C)C[C@H](N)c1ccncc1. The predicted molar refractivity (Wildman–Crippen MR) is 50.6 cm³/mol. The summed E-state index contributed by atoms with van der Waals surface area (Å²) >= 11 is 0. The Hall–Kier alpha value is -1.15. The highest BCUT2D eigenvalue weighted by Crippen LogP contribution is 2.15. The molecule has 0 fully saturated rings. The second-order valence-electron chi connectivity index (χ2n) is 3.05. The predicted octanol–water partition coefficient (Wildman–Crippen LogP) is 2.05. The zero-order valence-electron chi connectivity index (χ0n) is 7.33. The van der Waals surface area contributed by atoms with Gasteiger partial charge in [-0.2, -0.15) is 0 Å². The summed E-state index contributed by atoms with van der Waals surface area (Å²) in [5, 5.41) is 0. The molecule has 0 spiro atoms. The maximum absolute atomic E-state index is 5.91. The number of nitrogens with two attached hydrogens (primary N) is 1. The van der Waals surface area contributed by atoms with E-state index in [0.717, 1.165) is 17.6 Å². The molecule has 1 rings (SSSR count). The second kappa shape index (κ2) is 4.02. The zero-order valence-corrected chi connectivity index (χ0v) is 7.33. The Morgan fingerprint density at radius 1 is 1.58 bits per heavy atom. The average Bonchev–Trinajstić information content (AvgIpc) is 2.05. The largest absolute Gasteiger partial charge is 0.324 e. The molecule has 0 aliphatic carbocycles. The Labute approximate surface area is 73.1 Å².